The van der Waals surface area contributed by atoms with Crippen LogP contribution in [0.3, 0.4) is 0 Å². The molecule has 1 rings (SSSR count). The average molecular weight is 333 g/mol. The first-order chi connectivity index (χ1) is 8.40. The first kappa shape index (κ1) is 15.7. The number of benzene rings is 1. The zero-order chi connectivity index (χ0) is 13.8. The van der Waals surface area contributed by atoms with Gasteiger partial charge in [-0.25, -0.2) is 8.42 Å². The van der Waals surface area contributed by atoms with Gasteiger partial charge in [-0.2, -0.15) is 0 Å². The van der Waals surface area contributed by atoms with Gasteiger partial charge in [0.25, 0.3) is 0 Å². The SMILES string of the molecule is CCCC(CBr)CS(=O)(=O)c1cc(C)ccc1C. The monoisotopic (exact) mass is 332 g/mol. The summed E-state index contributed by atoms with van der Waals surface area (Å²) in [5, 5.41) is 0.741. The molecule has 1 aromatic rings. The van der Waals surface area contributed by atoms with E-state index in [4.69, 9.17) is 0 Å². The molecule has 0 saturated carbocycles. The quantitative estimate of drug-likeness (QED) is 0.740. The van der Waals surface area contributed by atoms with Crippen LogP contribution in [0.5, 0.6) is 0 Å². The Morgan fingerprint density at radius 1 is 1.28 bits per heavy atom. The highest BCUT2D eigenvalue weighted by molar-refractivity contribution is 9.09. The van der Waals surface area contributed by atoms with E-state index in [9.17, 15) is 8.42 Å². The van der Waals surface area contributed by atoms with E-state index in [1.165, 1.54) is 0 Å². The van der Waals surface area contributed by atoms with E-state index in [1.807, 2.05) is 26.0 Å². The molecule has 1 atom stereocenters. The number of rotatable bonds is 6. The maximum absolute atomic E-state index is 12.4. The van der Waals surface area contributed by atoms with Crippen LogP contribution >= 0.6 is 15.9 Å². The summed E-state index contributed by atoms with van der Waals surface area (Å²) < 4.78 is 24.9. The molecule has 102 valence electrons. The highest BCUT2D eigenvalue weighted by atomic mass is 79.9. The van der Waals surface area contributed by atoms with Crippen molar-refractivity contribution in [2.24, 2.45) is 5.92 Å². The van der Waals surface area contributed by atoms with Gasteiger partial charge in [0.2, 0.25) is 0 Å². The van der Waals surface area contributed by atoms with E-state index in [0.717, 1.165) is 29.3 Å². The van der Waals surface area contributed by atoms with E-state index in [0.29, 0.717) is 4.90 Å². The van der Waals surface area contributed by atoms with Gasteiger partial charge in [-0.05, 0) is 43.4 Å². The van der Waals surface area contributed by atoms with Gasteiger partial charge >= 0.3 is 0 Å². The molecule has 0 aliphatic heterocycles. The Kier molecular flexibility index (Phi) is 5.86. The molecule has 0 aliphatic carbocycles. The minimum Gasteiger partial charge on any atom is -0.224 e. The van der Waals surface area contributed by atoms with E-state index in [-0.39, 0.29) is 11.7 Å². The summed E-state index contributed by atoms with van der Waals surface area (Å²) in [6.07, 6.45) is 1.95. The Morgan fingerprint density at radius 3 is 2.50 bits per heavy atom. The van der Waals surface area contributed by atoms with Gasteiger partial charge in [-0.3, -0.25) is 0 Å². The minimum absolute atomic E-state index is 0.194. The van der Waals surface area contributed by atoms with Crippen LogP contribution in [0.15, 0.2) is 23.1 Å². The highest BCUT2D eigenvalue weighted by Gasteiger charge is 2.21. The van der Waals surface area contributed by atoms with Gasteiger partial charge in [0.05, 0.1) is 10.6 Å². The highest BCUT2D eigenvalue weighted by Crippen LogP contribution is 2.22. The third kappa shape index (κ3) is 4.09. The fraction of sp³-hybridized carbons (Fsp3) is 0.571. The third-order valence-corrected chi connectivity index (χ3v) is 5.98. The van der Waals surface area contributed by atoms with E-state index < -0.39 is 9.84 Å². The molecule has 2 nitrogen and oxygen atoms in total. The molecule has 18 heavy (non-hydrogen) atoms. The molecule has 0 aliphatic rings. The van der Waals surface area contributed by atoms with Crippen LogP contribution in [0.1, 0.15) is 30.9 Å². The summed E-state index contributed by atoms with van der Waals surface area (Å²) in [5.74, 6) is 0.427. The molecule has 0 heterocycles. The molecule has 0 aromatic heterocycles. The Morgan fingerprint density at radius 2 is 1.94 bits per heavy atom. The molecule has 1 unspecified atom stereocenters. The molecule has 1 aromatic carbocycles. The molecular weight excluding hydrogens is 312 g/mol. The van der Waals surface area contributed by atoms with Gasteiger partial charge < -0.3 is 0 Å². The fourth-order valence-electron chi connectivity index (χ4n) is 2.06. The molecule has 0 radical (unpaired) electrons. The molecule has 4 heteroatoms. The maximum atomic E-state index is 12.4. The Balaban J connectivity index is 3.02. The standard InChI is InChI=1S/C14H21BrO2S/c1-4-5-13(9-15)10-18(16,17)14-8-11(2)6-7-12(14)3/h6-8,13H,4-5,9-10H2,1-3H3. The van der Waals surface area contributed by atoms with Crippen molar-refractivity contribution in [2.75, 3.05) is 11.1 Å². The summed E-state index contributed by atoms with van der Waals surface area (Å²) in [5.41, 5.74) is 1.83. The van der Waals surface area contributed by atoms with Crippen LogP contribution in [0.25, 0.3) is 0 Å². The number of hydrogen-bond donors (Lipinski definition) is 0. The lowest BCUT2D eigenvalue weighted by atomic mass is 10.1. The second-order valence-corrected chi connectivity index (χ2v) is 7.51. The third-order valence-electron chi connectivity index (χ3n) is 3.05. The number of hydrogen-bond acceptors (Lipinski definition) is 2. The summed E-state index contributed by atoms with van der Waals surface area (Å²) >= 11 is 3.41. The minimum atomic E-state index is -3.18. The lowest BCUT2D eigenvalue weighted by molar-refractivity contribution is 0.551. The number of halogens is 1. The smallest absolute Gasteiger partial charge is 0.178 e. The van der Waals surface area contributed by atoms with Crippen LogP contribution in [0, 0.1) is 19.8 Å². The van der Waals surface area contributed by atoms with E-state index in [1.54, 1.807) is 6.07 Å². The fourth-order valence-corrected chi connectivity index (χ4v) is 4.92. The zero-order valence-electron chi connectivity index (χ0n) is 11.2. The summed E-state index contributed by atoms with van der Waals surface area (Å²) in [7, 11) is -3.18. The first-order valence-electron chi connectivity index (χ1n) is 6.26. The predicted octanol–water partition coefficient (Wildman–Crippen LogP) is 3.89. The van der Waals surface area contributed by atoms with Crippen molar-refractivity contribution >= 4 is 25.8 Å². The summed E-state index contributed by atoms with van der Waals surface area (Å²) in [6, 6.07) is 5.61. The summed E-state index contributed by atoms with van der Waals surface area (Å²) in [4.78, 5) is 0.490. The van der Waals surface area contributed by atoms with Gasteiger partial charge in [0, 0.05) is 5.33 Å². The first-order valence-corrected chi connectivity index (χ1v) is 9.04. The van der Waals surface area contributed by atoms with Gasteiger partial charge in [0.15, 0.2) is 9.84 Å². The van der Waals surface area contributed by atoms with E-state index in [2.05, 4.69) is 22.9 Å². The number of aryl methyl sites for hydroxylation is 2. The molecule has 0 fully saturated rings. The van der Waals surface area contributed by atoms with Gasteiger partial charge in [0.1, 0.15) is 0 Å². The summed E-state index contributed by atoms with van der Waals surface area (Å²) in [6.45, 7) is 5.86. The second-order valence-electron chi connectivity index (χ2n) is 4.86. The molecule has 0 amide bonds. The van der Waals surface area contributed by atoms with Crippen molar-refractivity contribution in [1.29, 1.82) is 0 Å². The van der Waals surface area contributed by atoms with Crippen molar-refractivity contribution in [1.82, 2.24) is 0 Å². The van der Waals surface area contributed by atoms with Crippen molar-refractivity contribution in [2.45, 2.75) is 38.5 Å². The van der Waals surface area contributed by atoms with Crippen molar-refractivity contribution in [3.8, 4) is 0 Å². The Bertz CT molecular complexity index is 495. The van der Waals surface area contributed by atoms with Crippen LogP contribution in [-0.4, -0.2) is 19.5 Å². The predicted molar refractivity (Wildman–Crippen MR) is 80.2 cm³/mol. The van der Waals surface area contributed by atoms with Crippen molar-refractivity contribution in [3.63, 3.8) is 0 Å². The lowest BCUT2D eigenvalue weighted by Gasteiger charge is -2.15. The van der Waals surface area contributed by atoms with E-state index >= 15 is 0 Å². The maximum Gasteiger partial charge on any atom is 0.178 e. The topological polar surface area (TPSA) is 34.1 Å². The lowest BCUT2D eigenvalue weighted by Crippen LogP contribution is -2.18. The van der Waals surface area contributed by atoms with Crippen molar-refractivity contribution in [3.05, 3.63) is 29.3 Å². The molecule has 0 spiro atoms. The zero-order valence-corrected chi connectivity index (χ0v) is 13.6. The van der Waals surface area contributed by atoms with Crippen LogP contribution < -0.4 is 0 Å². The normalized spacial score (nSPS) is 13.6. The Labute approximate surface area is 119 Å². The molecular formula is C14H21BrO2S. The van der Waals surface area contributed by atoms with Crippen LogP contribution in [0.2, 0.25) is 0 Å². The number of alkyl halides is 1. The largest absolute Gasteiger partial charge is 0.224 e. The molecule has 0 N–H and O–H groups in total. The second kappa shape index (κ2) is 6.71. The Hall–Kier alpha value is -0.350. The van der Waals surface area contributed by atoms with Crippen molar-refractivity contribution < 1.29 is 8.42 Å². The molecule has 0 bridgehead atoms. The van der Waals surface area contributed by atoms with Crippen LogP contribution in [0.4, 0.5) is 0 Å². The number of sulfone groups is 1. The van der Waals surface area contributed by atoms with Gasteiger partial charge in [-0.1, -0.05) is 41.4 Å². The van der Waals surface area contributed by atoms with Crippen LogP contribution in [-0.2, 0) is 9.84 Å². The van der Waals surface area contributed by atoms with Gasteiger partial charge in [-0.15, -0.1) is 0 Å². The molecule has 0 saturated heterocycles. The average Bonchev–Trinajstić information content (AvgIpc) is 2.31.